The first-order chi connectivity index (χ1) is 9.10. The summed E-state index contributed by atoms with van der Waals surface area (Å²) in [6.07, 6.45) is 7.97. The molecular formula is C16H21ClO2. The lowest BCUT2D eigenvalue weighted by atomic mass is 9.68. The molecule has 2 rings (SSSR count). The minimum absolute atomic E-state index is 0.0176. The van der Waals surface area contributed by atoms with E-state index in [9.17, 15) is 4.79 Å². The maximum Gasteiger partial charge on any atom is 0.303 e. The largest absolute Gasteiger partial charge is 0.481 e. The normalized spacial score (nSPS) is 18.2. The van der Waals surface area contributed by atoms with Gasteiger partial charge >= 0.3 is 5.97 Å². The summed E-state index contributed by atoms with van der Waals surface area (Å²) in [5, 5.41) is 9.90. The van der Waals surface area contributed by atoms with E-state index in [-0.39, 0.29) is 5.41 Å². The molecule has 0 heterocycles. The lowest BCUT2D eigenvalue weighted by Gasteiger charge is -2.36. The second-order valence-corrected chi connectivity index (χ2v) is 6.19. The van der Waals surface area contributed by atoms with Crippen molar-refractivity contribution in [3.8, 4) is 0 Å². The van der Waals surface area contributed by atoms with Crippen LogP contribution in [0.4, 0.5) is 0 Å². The number of aliphatic carboxylic acids is 1. The third kappa shape index (κ3) is 4.24. The van der Waals surface area contributed by atoms with Crippen molar-refractivity contribution in [1.82, 2.24) is 0 Å². The molecule has 0 radical (unpaired) electrons. The van der Waals surface area contributed by atoms with Crippen LogP contribution in [-0.4, -0.2) is 11.1 Å². The molecule has 1 aromatic carbocycles. The molecule has 1 saturated carbocycles. The molecule has 1 fully saturated rings. The molecule has 0 aliphatic heterocycles. The van der Waals surface area contributed by atoms with Crippen molar-refractivity contribution >= 4 is 17.6 Å². The number of aryl methyl sites for hydroxylation is 1. The van der Waals surface area contributed by atoms with Gasteiger partial charge in [0.05, 0.1) is 6.42 Å². The highest BCUT2D eigenvalue weighted by Gasteiger charge is 2.33. The zero-order valence-electron chi connectivity index (χ0n) is 11.2. The maximum absolute atomic E-state index is 11.1. The second-order valence-electron chi connectivity index (χ2n) is 5.76. The summed E-state index contributed by atoms with van der Waals surface area (Å²) in [5.74, 6) is -0.655. The number of hydrogen-bond acceptors (Lipinski definition) is 1. The third-order valence-corrected chi connectivity index (χ3v) is 4.55. The van der Waals surface area contributed by atoms with E-state index in [0.717, 1.165) is 30.7 Å². The molecule has 0 bridgehead atoms. The van der Waals surface area contributed by atoms with Crippen molar-refractivity contribution in [2.75, 3.05) is 0 Å². The van der Waals surface area contributed by atoms with E-state index >= 15 is 0 Å². The number of halogens is 1. The van der Waals surface area contributed by atoms with Crippen molar-refractivity contribution in [1.29, 1.82) is 0 Å². The average Bonchev–Trinajstić information content (AvgIpc) is 2.38. The minimum atomic E-state index is -0.655. The molecule has 1 N–H and O–H groups in total. The molecule has 0 unspecified atom stereocenters. The number of rotatable bonds is 5. The highest BCUT2D eigenvalue weighted by molar-refractivity contribution is 6.30. The summed E-state index contributed by atoms with van der Waals surface area (Å²) in [6, 6.07) is 7.89. The fourth-order valence-electron chi connectivity index (χ4n) is 3.20. The Morgan fingerprint density at radius 3 is 2.37 bits per heavy atom. The van der Waals surface area contributed by atoms with Gasteiger partial charge in [0.1, 0.15) is 0 Å². The monoisotopic (exact) mass is 280 g/mol. The molecule has 1 aromatic rings. The molecule has 0 aromatic heterocycles. The van der Waals surface area contributed by atoms with Crippen LogP contribution >= 0.6 is 11.6 Å². The summed E-state index contributed by atoms with van der Waals surface area (Å²) in [6.45, 7) is 0. The first-order valence-electron chi connectivity index (χ1n) is 7.06. The zero-order valence-corrected chi connectivity index (χ0v) is 12.0. The Balaban J connectivity index is 1.99. The Morgan fingerprint density at radius 2 is 1.79 bits per heavy atom. The molecular weight excluding hydrogens is 260 g/mol. The number of hydrogen-bond donors (Lipinski definition) is 1. The predicted octanol–water partition coefficient (Wildman–Crippen LogP) is 4.70. The highest BCUT2D eigenvalue weighted by Crippen LogP contribution is 2.43. The standard InChI is InChI=1S/C16H21ClO2/c17-14-6-4-13(5-7-14)8-11-16(12-15(18)19)9-2-1-3-10-16/h4-7H,1-3,8-12H2,(H,18,19). The van der Waals surface area contributed by atoms with E-state index in [4.69, 9.17) is 16.7 Å². The van der Waals surface area contributed by atoms with Gasteiger partial charge in [-0.1, -0.05) is 43.0 Å². The van der Waals surface area contributed by atoms with Crippen LogP contribution in [0.25, 0.3) is 0 Å². The zero-order chi connectivity index (χ0) is 13.7. The van der Waals surface area contributed by atoms with Crippen LogP contribution < -0.4 is 0 Å². The molecule has 1 aliphatic carbocycles. The molecule has 3 heteroatoms. The molecule has 2 nitrogen and oxygen atoms in total. The Labute approximate surface area is 119 Å². The summed E-state index contributed by atoms with van der Waals surface area (Å²) >= 11 is 5.88. The van der Waals surface area contributed by atoms with E-state index in [1.807, 2.05) is 24.3 Å². The number of carbonyl (C=O) groups is 1. The van der Waals surface area contributed by atoms with Gasteiger partial charge in [-0.3, -0.25) is 4.79 Å². The van der Waals surface area contributed by atoms with Crippen molar-refractivity contribution in [3.63, 3.8) is 0 Å². The van der Waals surface area contributed by atoms with Gasteiger partial charge in [-0.25, -0.2) is 0 Å². The van der Waals surface area contributed by atoms with Crippen molar-refractivity contribution in [3.05, 3.63) is 34.9 Å². The number of carboxylic acid groups (broad SMARTS) is 1. The van der Waals surface area contributed by atoms with Gasteiger partial charge in [0.25, 0.3) is 0 Å². The van der Waals surface area contributed by atoms with Crippen LogP contribution in [0, 0.1) is 5.41 Å². The molecule has 0 saturated heterocycles. The number of carboxylic acids is 1. The van der Waals surface area contributed by atoms with Gasteiger partial charge < -0.3 is 5.11 Å². The lowest BCUT2D eigenvalue weighted by Crippen LogP contribution is -2.28. The summed E-state index contributed by atoms with van der Waals surface area (Å²) in [4.78, 5) is 11.1. The molecule has 0 atom stereocenters. The van der Waals surface area contributed by atoms with E-state index < -0.39 is 5.97 Å². The Bertz CT molecular complexity index is 419. The van der Waals surface area contributed by atoms with Crippen molar-refractivity contribution in [2.24, 2.45) is 5.41 Å². The molecule has 19 heavy (non-hydrogen) atoms. The number of benzene rings is 1. The van der Waals surface area contributed by atoms with Gasteiger partial charge in [-0.15, -0.1) is 0 Å². The third-order valence-electron chi connectivity index (χ3n) is 4.30. The van der Waals surface area contributed by atoms with E-state index in [1.165, 1.54) is 24.8 Å². The van der Waals surface area contributed by atoms with Gasteiger partial charge in [0.15, 0.2) is 0 Å². The Hall–Kier alpha value is -1.02. The summed E-state index contributed by atoms with van der Waals surface area (Å²) in [5.41, 5.74) is 1.27. The first-order valence-corrected chi connectivity index (χ1v) is 7.44. The molecule has 104 valence electrons. The van der Waals surface area contributed by atoms with Gasteiger partial charge in [0.2, 0.25) is 0 Å². The summed E-state index contributed by atoms with van der Waals surface area (Å²) < 4.78 is 0. The average molecular weight is 281 g/mol. The molecule has 1 aliphatic rings. The van der Waals surface area contributed by atoms with Gasteiger partial charge in [-0.05, 0) is 48.8 Å². The molecule has 0 spiro atoms. The minimum Gasteiger partial charge on any atom is -0.481 e. The lowest BCUT2D eigenvalue weighted by molar-refractivity contribution is -0.140. The van der Waals surface area contributed by atoms with Crippen molar-refractivity contribution < 1.29 is 9.90 Å². The van der Waals surface area contributed by atoms with Gasteiger partial charge in [-0.2, -0.15) is 0 Å². The van der Waals surface area contributed by atoms with Crippen molar-refractivity contribution in [2.45, 2.75) is 51.4 Å². The van der Waals surface area contributed by atoms with Crippen LogP contribution in [0.3, 0.4) is 0 Å². The quantitative estimate of drug-likeness (QED) is 0.849. The van der Waals surface area contributed by atoms with E-state index in [1.54, 1.807) is 0 Å². The van der Waals surface area contributed by atoms with E-state index in [0.29, 0.717) is 6.42 Å². The Morgan fingerprint density at radius 1 is 1.16 bits per heavy atom. The predicted molar refractivity (Wildman–Crippen MR) is 77.5 cm³/mol. The SMILES string of the molecule is O=C(O)CC1(CCc2ccc(Cl)cc2)CCCCC1. The Kier molecular flexibility index (Phi) is 4.87. The van der Waals surface area contributed by atoms with Crippen LogP contribution in [0.5, 0.6) is 0 Å². The van der Waals surface area contributed by atoms with Crippen LogP contribution in [0.1, 0.15) is 50.5 Å². The van der Waals surface area contributed by atoms with Crippen LogP contribution in [0.2, 0.25) is 5.02 Å². The van der Waals surface area contributed by atoms with Gasteiger partial charge in [0, 0.05) is 5.02 Å². The fourth-order valence-corrected chi connectivity index (χ4v) is 3.32. The second kappa shape index (κ2) is 6.42. The highest BCUT2D eigenvalue weighted by atomic mass is 35.5. The van der Waals surface area contributed by atoms with E-state index in [2.05, 4.69) is 0 Å². The maximum atomic E-state index is 11.1. The molecule has 0 amide bonds. The van der Waals surface area contributed by atoms with Crippen LogP contribution in [-0.2, 0) is 11.2 Å². The smallest absolute Gasteiger partial charge is 0.303 e. The summed E-state index contributed by atoms with van der Waals surface area (Å²) in [7, 11) is 0. The topological polar surface area (TPSA) is 37.3 Å². The first kappa shape index (κ1) is 14.4. The van der Waals surface area contributed by atoms with Crippen LogP contribution in [0.15, 0.2) is 24.3 Å². The fraction of sp³-hybridized carbons (Fsp3) is 0.562.